The highest BCUT2D eigenvalue weighted by molar-refractivity contribution is 6.33. The van der Waals surface area contributed by atoms with Crippen molar-refractivity contribution < 1.29 is 0 Å². The second-order valence-electron chi connectivity index (χ2n) is 3.26. The van der Waals surface area contributed by atoms with Crippen LogP contribution in [0.4, 0.5) is 0 Å². The fraction of sp³-hybridized carbons (Fsp3) is 0.200. The van der Waals surface area contributed by atoms with Crippen LogP contribution in [-0.4, -0.2) is 14.8 Å². The molecule has 0 fully saturated rings. The molecule has 2 aromatic rings. The van der Waals surface area contributed by atoms with Crippen LogP contribution < -0.4 is 0 Å². The van der Waals surface area contributed by atoms with Crippen LogP contribution in [0.3, 0.4) is 0 Å². The van der Waals surface area contributed by atoms with Crippen molar-refractivity contribution in [3.63, 3.8) is 0 Å². The normalized spacial score (nSPS) is 10.7. The molecule has 0 aliphatic heterocycles. The Labute approximate surface area is 97.7 Å². The predicted molar refractivity (Wildman–Crippen MR) is 60.9 cm³/mol. The Bertz CT molecular complexity index is 466. The minimum absolute atomic E-state index is 0.323. The zero-order valence-electron chi connectivity index (χ0n) is 8.33. The predicted octanol–water partition coefficient (Wildman–Crippen LogP) is 3.19. The smallest absolute Gasteiger partial charge is 0.229 e. The van der Waals surface area contributed by atoms with Gasteiger partial charge >= 0.3 is 0 Å². The molecule has 0 radical (unpaired) electrons. The van der Waals surface area contributed by atoms with Gasteiger partial charge in [0.2, 0.25) is 5.28 Å². The molecule has 0 spiro atoms. The van der Waals surface area contributed by atoms with E-state index in [9.17, 15) is 0 Å². The highest BCUT2D eigenvalue weighted by Gasteiger charge is 2.13. The van der Waals surface area contributed by atoms with Crippen LogP contribution in [0.1, 0.15) is 11.4 Å². The minimum Gasteiger partial charge on any atom is -0.268 e. The summed E-state index contributed by atoms with van der Waals surface area (Å²) in [6.45, 7) is 3.80. The van der Waals surface area contributed by atoms with Crippen molar-refractivity contribution in [1.82, 2.24) is 14.8 Å². The lowest BCUT2D eigenvalue weighted by Crippen LogP contribution is -2.00. The third-order valence-electron chi connectivity index (χ3n) is 2.20. The number of rotatable bonds is 1. The van der Waals surface area contributed by atoms with Gasteiger partial charge in [-0.3, -0.25) is 4.57 Å². The fourth-order valence-corrected chi connectivity index (χ4v) is 2.05. The summed E-state index contributed by atoms with van der Waals surface area (Å²) >= 11 is 12.1. The Morgan fingerprint density at radius 2 is 1.87 bits per heavy atom. The average molecular weight is 242 g/mol. The molecule has 0 bridgehead atoms. The van der Waals surface area contributed by atoms with Gasteiger partial charge in [0.25, 0.3) is 0 Å². The zero-order valence-corrected chi connectivity index (χ0v) is 9.84. The Morgan fingerprint density at radius 3 is 2.40 bits per heavy atom. The summed E-state index contributed by atoms with van der Waals surface area (Å²) in [5.41, 5.74) is 1.87. The van der Waals surface area contributed by atoms with Gasteiger partial charge in [-0.1, -0.05) is 23.7 Å². The summed E-state index contributed by atoms with van der Waals surface area (Å²) in [5.74, 6) is 0.719. The molecule has 78 valence electrons. The van der Waals surface area contributed by atoms with Gasteiger partial charge in [0, 0.05) is 0 Å². The Hall–Kier alpha value is -1.06. The number of benzene rings is 1. The van der Waals surface area contributed by atoms with Gasteiger partial charge in [-0.2, -0.15) is 0 Å². The third-order valence-corrected chi connectivity index (χ3v) is 2.75. The second-order valence-corrected chi connectivity index (χ2v) is 4.00. The fourth-order valence-electron chi connectivity index (χ4n) is 1.50. The first-order valence-electron chi connectivity index (χ1n) is 4.44. The van der Waals surface area contributed by atoms with E-state index in [4.69, 9.17) is 23.2 Å². The molecule has 0 aliphatic carbocycles. The number of aryl methyl sites for hydroxylation is 2. The maximum Gasteiger partial charge on any atom is 0.229 e. The lowest BCUT2D eigenvalue weighted by atomic mass is 10.2. The van der Waals surface area contributed by atoms with E-state index in [1.54, 1.807) is 4.57 Å². The maximum atomic E-state index is 6.13. The van der Waals surface area contributed by atoms with Gasteiger partial charge in [0.1, 0.15) is 5.82 Å². The largest absolute Gasteiger partial charge is 0.268 e. The number of hydrogen-bond acceptors (Lipinski definition) is 2. The molecule has 0 N–H and O–H groups in total. The molecule has 0 aliphatic rings. The molecule has 0 amide bonds. The molecule has 1 heterocycles. The van der Waals surface area contributed by atoms with Gasteiger partial charge in [-0.05, 0) is 37.1 Å². The molecular weight excluding hydrogens is 233 g/mol. The first kappa shape index (κ1) is 10.5. The molecule has 0 saturated heterocycles. The molecule has 5 heteroatoms. The summed E-state index contributed by atoms with van der Waals surface area (Å²) < 4.78 is 1.74. The number of hydrogen-bond donors (Lipinski definition) is 0. The van der Waals surface area contributed by atoms with E-state index < -0.39 is 0 Å². The van der Waals surface area contributed by atoms with Crippen LogP contribution in [0.5, 0.6) is 0 Å². The monoisotopic (exact) mass is 241 g/mol. The molecule has 0 atom stereocenters. The molecule has 0 saturated carbocycles. The number of para-hydroxylation sites is 1. The average Bonchev–Trinajstić information content (AvgIpc) is 2.49. The van der Waals surface area contributed by atoms with Gasteiger partial charge in [0.15, 0.2) is 0 Å². The molecule has 2 rings (SSSR count). The summed E-state index contributed by atoms with van der Waals surface area (Å²) in [5, 5.41) is 8.65. The van der Waals surface area contributed by atoms with Crippen LogP contribution in [0.15, 0.2) is 18.2 Å². The minimum atomic E-state index is 0.323. The van der Waals surface area contributed by atoms with Crippen molar-refractivity contribution in [2.75, 3.05) is 0 Å². The van der Waals surface area contributed by atoms with E-state index in [1.807, 2.05) is 32.0 Å². The Kier molecular flexibility index (Phi) is 2.67. The summed E-state index contributed by atoms with van der Waals surface area (Å²) in [4.78, 5) is 0. The maximum absolute atomic E-state index is 6.13. The van der Waals surface area contributed by atoms with Crippen molar-refractivity contribution in [2.45, 2.75) is 13.8 Å². The lowest BCUT2D eigenvalue weighted by Gasteiger charge is -2.10. The molecule has 0 unspecified atom stereocenters. The third kappa shape index (κ3) is 1.73. The van der Waals surface area contributed by atoms with E-state index in [1.165, 1.54) is 0 Å². The van der Waals surface area contributed by atoms with Crippen molar-refractivity contribution in [3.05, 3.63) is 39.9 Å². The van der Waals surface area contributed by atoms with Crippen LogP contribution in [0.25, 0.3) is 5.69 Å². The number of nitrogens with zero attached hydrogens (tertiary/aromatic N) is 3. The molecule has 15 heavy (non-hydrogen) atoms. The standard InChI is InChI=1S/C10H9Cl2N3/c1-6-4-3-5-8(11)9(6)15-7(2)13-14-10(15)12/h3-5H,1-2H3. The van der Waals surface area contributed by atoms with Gasteiger partial charge in [-0.25, -0.2) is 0 Å². The summed E-state index contributed by atoms with van der Waals surface area (Å²) in [7, 11) is 0. The molecular formula is C10H9Cl2N3. The van der Waals surface area contributed by atoms with Crippen molar-refractivity contribution in [2.24, 2.45) is 0 Å². The molecule has 1 aromatic heterocycles. The van der Waals surface area contributed by atoms with E-state index in [2.05, 4.69) is 10.2 Å². The van der Waals surface area contributed by atoms with Gasteiger partial charge in [-0.15, -0.1) is 10.2 Å². The highest BCUT2D eigenvalue weighted by Crippen LogP contribution is 2.27. The van der Waals surface area contributed by atoms with E-state index in [-0.39, 0.29) is 0 Å². The van der Waals surface area contributed by atoms with E-state index >= 15 is 0 Å². The van der Waals surface area contributed by atoms with Crippen LogP contribution in [0.2, 0.25) is 10.3 Å². The lowest BCUT2D eigenvalue weighted by molar-refractivity contribution is 0.961. The molecule has 1 aromatic carbocycles. The first-order valence-corrected chi connectivity index (χ1v) is 5.20. The van der Waals surface area contributed by atoms with Gasteiger partial charge in [0.05, 0.1) is 10.7 Å². The van der Waals surface area contributed by atoms with Gasteiger partial charge < -0.3 is 0 Å². The topological polar surface area (TPSA) is 30.7 Å². The van der Waals surface area contributed by atoms with Crippen molar-refractivity contribution >= 4 is 23.2 Å². The SMILES string of the molecule is Cc1cccc(Cl)c1-n1c(C)nnc1Cl. The van der Waals surface area contributed by atoms with E-state index in [0.717, 1.165) is 17.1 Å². The Morgan fingerprint density at radius 1 is 1.13 bits per heavy atom. The zero-order chi connectivity index (χ0) is 11.0. The number of aromatic nitrogens is 3. The highest BCUT2D eigenvalue weighted by atomic mass is 35.5. The van der Waals surface area contributed by atoms with Crippen LogP contribution in [0, 0.1) is 13.8 Å². The van der Waals surface area contributed by atoms with Crippen LogP contribution >= 0.6 is 23.2 Å². The first-order chi connectivity index (χ1) is 7.11. The summed E-state index contributed by atoms with van der Waals surface area (Å²) in [6.07, 6.45) is 0. The summed E-state index contributed by atoms with van der Waals surface area (Å²) in [6, 6.07) is 5.69. The number of halogens is 2. The quantitative estimate of drug-likeness (QED) is 0.768. The second kappa shape index (κ2) is 3.83. The van der Waals surface area contributed by atoms with Crippen molar-refractivity contribution in [1.29, 1.82) is 0 Å². The Balaban J connectivity index is 2.74. The van der Waals surface area contributed by atoms with Crippen LogP contribution in [-0.2, 0) is 0 Å². The van der Waals surface area contributed by atoms with Crippen molar-refractivity contribution in [3.8, 4) is 5.69 Å². The molecule has 3 nitrogen and oxygen atoms in total. The van der Waals surface area contributed by atoms with E-state index in [0.29, 0.717) is 10.3 Å².